The number of alkyl halides is 3. The van der Waals surface area contributed by atoms with Crippen LogP contribution in [0.15, 0.2) is 48.7 Å². The molecule has 0 radical (unpaired) electrons. The average molecular weight is 512 g/mol. The number of fused-ring (bicyclic) bond motifs is 1. The SMILES string of the molecule is CCn1cc(-c2ccccc2C2CN(C(=O)/C=C/C3(N)CC3)Cc3sc(C#N)cc32)c(C(F)(F)F)n1. The van der Waals surface area contributed by atoms with Crippen molar-refractivity contribution < 1.29 is 18.0 Å². The van der Waals surface area contributed by atoms with Crippen LogP contribution in [0.3, 0.4) is 0 Å². The number of hydrogen-bond acceptors (Lipinski definition) is 5. The number of aromatic nitrogens is 2. The molecule has 1 atom stereocenters. The van der Waals surface area contributed by atoms with E-state index in [1.54, 1.807) is 48.2 Å². The minimum atomic E-state index is -4.62. The summed E-state index contributed by atoms with van der Waals surface area (Å²) in [7, 11) is 0. The molecule has 2 aliphatic rings. The second-order valence-corrected chi connectivity index (χ2v) is 10.4. The van der Waals surface area contributed by atoms with Crippen molar-refractivity contribution in [2.24, 2.45) is 5.73 Å². The fourth-order valence-electron chi connectivity index (χ4n) is 4.60. The minimum absolute atomic E-state index is 0.000566. The van der Waals surface area contributed by atoms with E-state index in [0.717, 1.165) is 23.3 Å². The maximum Gasteiger partial charge on any atom is 0.435 e. The Balaban J connectivity index is 1.60. The van der Waals surface area contributed by atoms with E-state index in [1.165, 1.54) is 28.3 Å². The average Bonchev–Trinajstić information content (AvgIpc) is 3.25. The first kappa shape index (κ1) is 24.3. The second-order valence-electron chi connectivity index (χ2n) is 9.27. The molecule has 3 aromatic rings. The molecule has 1 aromatic carbocycles. The van der Waals surface area contributed by atoms with Crippen LogP contribution in [-0.4, -0.2) is 32.7 Å². The number of carbonyl (C=O) groups excluding carboxylic acids is 1. The highest BCUT2D eigenvalue weighted by Crippen LogP contribution is 2.44. The first-order chi connectivity index (χ1) is 17.1. The summed E-state index contributed by atoms with van der Waals surface area (Å²) < 4.78 is 43.0. The zero-order valence-corrected chi connectivity index (χ0v) is 20.4. The Morgan fingerprint density at radius 3 is 2.72 bits per heavy atom. The number of thiophene rings is 1. The molecule has 0 spiro atoms. The number of nitrogens with two attached hydrogens (primary N) is 1. The summed E-state index contributed by atoms with van der Waals surface area (Å²) in [5, 5.41) is 13.3. The number of aryl methyl sites for hydroxylation is 1. The van der Waals surface area contributed by atoms with E-state index in [4.69, 9.17) is 5.73 Å². The lowest BCUT2D eigenvalue weighted by Crippen LogP contribution is -2.37. The molecule has 2 aromatic heterocycles. The fourth-order valence-corrected chi connectivity index (χ4v) is 5.63. The molecule has 1 amide bonds. The Morgan fingerprint density at radius 2 is 2.06 bits per heavy atom. The van der Waals surface area contributed by atoms with Gasteiger partial charge in [-0.3, -0.25) is 9.48 Å². The Kier molecular flexibility index (Phi) is 6.01. The van der Waals surface area contributed by atoms with Crippen LogP contribution in [0.4, 0.5) is 13.2 Å². The standard InChI is InChI=1S/C26H24F3N5OS/c1-2-34-14-21(24(32-34)26(27,28)29)18-6-4-3-5-17(18)20-13-33(23(35)7-8-25(31)9-10-25)15-22-19(20)11-16(12-30)36-22/h3-8,11,14,20H,2,9-10,13,15,31H2,1H3/b8-7+. The lowest BCUT2D eigenvalue weighted by atomic mass is 9.83. The van der Waals surface area contributed by atoms with Gasteiger partial charge in [0.05, 0.1) is 6.54 Å². The van der Waals surface area contributed by atoms with Crippen molar-refractivity contribution in [2.45, 2.75) is 50.5 Å². The topological polar surface area (TPSA) is 87.9 Å². The molecule has 36 heavy (non-hydrogen) atoms. The summed E-state index contributed by atoms with van der Waals surface area (Å²) in [6.45, 7) is 2.64. The number of halogens is 3. The third-order valence-corrected chi connectivity index (χ3v) is 7.78. The lowest BCUT2D eigenvalue weighted by Gasteiger charge is -2.33. The van der Waals surface area contributed by atoms with E-state index in [1.807, 2.05) is 0 Å². The number of rotatable bonds is 5. The third-order valence-electron chi connectivity index (χ3n) is 6.74. The smallest absolute Gasteiger partial charge is 0.333 e. The molecule has 1 aliphatic carbocycles. The number of nitriles is 1. The molecule has 186 valence electrons. The summed E-state index contributed by atoms with van der Waals surface area (Å²) in [5.41, 5.74) is 6.66. The number of carbonyl (C=O) groups is 1. The highest BCUT2D eigenvalue weighted by molar-refractivity contribution is 7.12. The van der Waals surface area contributed by atoms with Crippen LogP contribution in [0.5, 0.6) is 0 Å². The van der Waals surface area contributed by atoms with Crippen molar-refractivity contribution in [3.05, 3.63) is 75.3 Å². The summed E-state index contributed by atoms with van der Waals surface area (Å²) in [6, 6.07) is 10.9. The Labute approximate surface area is 210 Å². The van der Waals surface area contributed by atoms with Crippen LogP contribution < -0.4 is 5.73 Å². The fraction of sp³-hybridized carbons (Fsp3) is 0.346. The van der Waals surface area contributed by atoms with E-state index in [-0.39, 0.29) is 18.0 Å². The molecule has 1 unspecified atom stereocenters. The Bertz CT molecular complexity index is 1390. The van der Waals surface area contributed by atoms with Crippen molar-refractivity contribution in [2.75, 3.05) is 6.54 Å². The van der Waals surface area contributed by atoms with E-state index >= 15 is 0 Å². The number of benzene rings is 1. The summed E-state index contributed by atoms with van der Waals surface area (Å²) >= 11 is 1.31. The molecule has 0 saturated heterocycles. The van der Waals surface area contributed by atoms with Crippen molar-refractivity contribution in [3.8, 4) is 17.2 Å². The third kappa shape index (κ3) is 4.56. The van der Waals surface area contributed by atoms with E-state index in [0.29, 0.717) is 29.1 Å². The summed E-state index contributed by atoms with van der Waals surface area (Å²) in [5.74, 6) is -0.610. The molecule has 1 fully saturated rings. The normalized spacial score (nSPS) is 18.8. The molecule has 0 bridgehead atoms. The first-order valence-electron chi connectivity index (χ1n) is 11.7. The van der Waals surface area contributed by atoms with Crippen LogP contribution in [0, 0.1) is 11.3 Å². The van der Waals surface area contributed by atoms with Crippen LogP contribution in [0.1, 0.15) is 52.3 Å². The molecular formula is C26H24F3N5OS. The summed E-state index contributed by atoms with van der Waals surface area (Å²) in [4.78, 5) is 16.1. The Hall–Kier alpha value is -3.42. The molecule has 1 aliphatic heterocycles. The van der Waals surface area contributed by atoms with Gasteiger partial charge in [0.2, 0.25) is 5.91 Å². The number of nitrogens with zero attached hydrogens (tertiary/aromatic N) is 4. The number of hydrogen-bond donors (Lipinski definition) is 1. The zero-order chi connectivity index (χ0) is 25.7. The highest BCUT2D eigenvalue weighted by atomic mass is 32.1. The molecule has 5 rings (SSSR count). The predicted octanol–water partition coefficient (Wildman–Crippen LogP) is 5.04. The Morgan fingerprint density at radius 1 is 1.31 bits per heavy atom. The van der Waals surface area contributed by atoms with E-state index in [9.17, 15) is 23.2 Å². The number of amides is 1. The molecule has 2 N–H and O–H groups in total. The molecular weight excluding hydrogens is 487 g/mol. The van der Waals surface area contributed by atoms with Crippen LogP contribution in [0.2, 0.25) is 0 Å². The first-order valence-corrected chi connectivity index (χ1v) is 12.5. The predicted molar refractivity (Wildman–Crippen MR) is 130 cm³/mol. The van der Waals surface area contributed by atoms with E-state index < -0.39 is 23.3 Å². The van der Waals surface area contributed by atoms with Gasteiger partial charge in [-0.25, -0.2) is 0 Å². The second kappa shape index (κ2) is 8.91. The van der Waals surface area contributed by atoms with Crippen LogP contribution >= 0.6 is 11.3 Å². The van der Waals surface area contributed by atoms with Crippen molar-refractivity contribution in [1.29, 1.82) is 5.26 Å². The van der Waals surface area contributed by atoms with Gasteiger partial charge in [-0.1, -0.05) is 30.3 Å². The maximum absolute atomic E-state index is 13.9. The van der Waals surface area contributed by atoms with Crippen LogP contribution in [-0.2, 0) is 24.1 Å². The van der Waals surface area contributed by atoms with Gasteiger partial charge >= 0.3 is 6.18 Å². The van der Waals surface area contributed by atoms with Crippen molar-refractivity contribution in [1.82, 2.24) is 14.7 Å². The molecule has 10 heteroatoms. The van der Waals surface area contributed by atoms with Gasteiger partial charge in [0.25, 0.3) is 0 Å². The monoisotopic (exact) mass is 511 g/mol. The summed E-state index contributed by atoms with van der Waals surface area (Å²) in [6.07, 6.45) is 1.69. The molecule has 3 heterocycles. The molecule has 1 saturated carbocycles. The van der Waals surface area contributed by atoms with Gasteiger partial charge in [-0.05, 0) is 42.5 Å². The van der Waals surface area contributed by atoms with Crippen molar-refractivity contribution >= 4 is 17.2 Å². The van der Waals surface area contributed by atoms with Gasteiger partial charge in [0, 0.05) is 47.3 Å². The van der Waals surface area contributed by atoms with Gasteiger partial charge in [0.1, 0.15) is 10.9 Å². The van der Waals surface area contributed by atoms with Gasteiger partial charge in [-0.2, -0.15) is 23.5 Å². The lowest BCUT2D eigenvalue weighted by molar-refractivity contribution is -0.141. The minimum Gasteiger partial charge on any atom is -0.333 e. The van der Waals surface area contributed by atoms with Gasteiger partial charge in [-0.15, -0.1) is 11.3 Å². The zero-order valence-electron chi connectivity index (χ0n) is 19.5. The maximum atomic E-state index is 13.9. The van der Waals surface area contributed by atoms with Gasteiger partial charge in [0.15, 0.2) is 5.69 Å². The quantitative estimate of drug-likeness (QED) is 0.486. The molecule has 6 nitrogen and oxygen atoms in total. The highest BCUT2D eigenvalue weighted by Gasteiger charge is 2.40. The largest absolute Gasteiger partial charge is 0.435 e. The van der Waals surface area contributed by atoms with Crippen molar-refractivity contribution in [3.63, 3.8) is 0 Å². The van der Waals surface area contributed by atoms with E-state index in [2.05, 4.69) is 11.2 Å². The van der Waals surface area contributed by atoms with Gasteiger partial charge < -0.3 is 10.6 Å². The van der Waals surface area contributed by atoms with Crippen LogP contribution in [0.25, 0.3) is 11.1 Å².